The van der Waals surface area contributed by atoms with Gasteiger partial charge >= 0.3 is 0 Å². The van der Waals surface area contributed by atoms with Gasteiger partial charge in [-0.1, -0.05) is 0 Å². The van der Waals surface area contributed by atoms with E-state index in [1.807, 2.05) is 0 Å². The molecule has 0 rings (SSSR count). The molecule has 0 aromatic carbocycles. The molecule has 5 nitrogen and oxygen atoms in total. The summed E-state index contributed by atoms with van der Waals surface area (Å²) in [6.07, 6.45) is -1.17. The first-order valence-corrected chi connectivity index (χ1v) is 4.21. The molecule has 0 aliphatic rings. The van der Waals surface area contributed by atoms with Crippen molar-refractivity contribution in [3.05, 3.63) is 0 Å². The van der Waals surface area contributed by atoms with Crippen molar-refractivity contribution in [2.45, 2.75) is 20.1 Å². The fraction of sp³-hybridized carbons (Fsp3) is 1.00. The van der Waals surface area contributed by atoms with Crippen LogP contribution >= 0.6 is 12.4 Å². The van der Waals surface area contributed by atoms with Crippen LogP contribution in [0, 0.1) is 0 Å². The van der Waals surface area contributed by atoms with Crippen LogP contribution in [0.3, 0.4) is 0 Å². The second kappa shape index (κ2) is 8.22. The second-order valence-electron chi connectivity index (χ2n) is 1.50. The monoisotopic (exact) mass is 208 g/mol. The normalized spacial score (nSPS) is 9.64. The first-order chi connectivity index (χ1) is 4.29. The third kappa shape index (κ3) is 68.5. The standard InChI is InChI=1S/C2H6O3S.C2H6O2.ClH/c1-2-6(3,4)5;1-2(3)4;/h2H2,1H3,(H,3,4,5);2-4H,1H3;1H. The van der Waals surface area contributed by atoms with E-state index in [0.717, 1.165) is 0 Å². The van der Waals surface area contributed by atoms with Gasteiger partial charge in [0.25, 0.3) is 10.1 Å². The van der Waals surface area contributed by atoms with Crippen molar-refractivity contribution in [3.8, 4) is 0 Å². The summed E-state index contributed by atoms with van der Waals surface area (Å²) in [6, 6.07) is 0. The first kappa shape index (κ1) is 17.3. The molecular formula is C4H13ClO5S. The molecule has 0 spiro atoms. The van der Waals surface area contributed by atoms with Crippen LogP contribution in [-0.2, 0) is 10.1 Å². The highest BCUT2D eigenvalue weighted by Crippen LogP contribution is 1.74. The van der Waals surface area contributed by atoms with E-state index in [0.29, 0.717) is 0 Å². The molecule has 0 aromatic rings. The lowest BCUT2D eigenvalue weighted by molar-refractivity contribution is -0.0228. The number of hydrogen-bond acceptors (Lipinski definition) is 4. The summed E-state index contributed by atoms with van der Waals surface area (Å²) in [4.78, 5) is 0. The van der Waals surface area contributed by atoms with Crippen LogP contribution in [0.1, 0.15) is 13.8 Å². The van der Waals surface area contributed by atoms with Crippen molar-refractivity contribution >= 4 is 22.5 Å². The average Bonchev–Trinajstić information content (AvgIpc) is 1.63. The maximum atomic E-state index is 9.56. The van der Waals surface area contributed by atoms with Crippen LogP contribution in [0.5, 0.6) is 0 Å². The Hall–Kier alpha value is 0.120. The molecule has 11 heavy (non-hydrogen) atoms. The molecule has 0 amide bonds. The first-order valence-electron chi connectivity index (χ1n) is 2.61. The molecule has 0 atom stereocenters. The van der Waals surface area contributed by atoms with Gasteiger partial charge < -0.3 is 10.2 Å². The summed E-state index contributed by atoms with van der Waals surface area (Å²) in [5, 5.41) is 15.2. The lowest BCUT2D eigenvalue weighted by atomic mass is 10.8. The lowest BCUT2D eigenvalue weighted by Gasteiger charge is -1.80. The van der Waals surface area contributed by atoms with Gasteiger partial charge in [0, 0.05) is 0 Å². The van der Waals surface area contributed by atoms with E-state index in [1.54, 1.807) is 0 Å². The van der Waals surface area contributed by atoms with Crippen LogP contribution in [-0.4, -0.2) is 35.2 Å². The largest absolute Gasteiger partial charge is 0.368 e. The Labute approximate surface area is 72.2 Å². The maximum Gasteiger partial charge on any atom is 0.264 e. The Morgan fingerprint density at radius 3 is 1.45 bits per heavy atom. The predicted octanol–water partition coefficient (Wildman–Crippen LogP) is -0.367. The van der Waals surface area contributed by atoms with Crippen molar-refractivity contribution in [1.29, 1.82) is 0 Å². The molecule has 0 aliphatic carbocycles. The molecule has 72 valence electrons. The zero-order valence-corrected chi connectivity index (χ0v) is 7.89. The van der Waals surface area contributed by atoms with E-state index in [4.69, 9.17) is 14.8 Å². The lowest BCUT2D eigenvalue weighted by Crippen LogP contribution is -1.97. The Balaban J connectivity index is -0.000000114. The van der Waals surface area contributed by atoms with Crippen LogP contribution in [0.2, 0.25) is 0 Å². The molecule has 0 fully saturated rings. The topological polar surface area (TPSA) is 94.8 Å². The maximum absolute atomic E-state index is 9.56. The predicted molar refractivity (Wildman–Crippen MR) is 43.2 cm³/mol. The van der Waals surface area contributed by atoms with Gasteiger partial charge in [-0.25, -0.2) is 0 Å². The van der Waals surface area contributed by atoms with Crippen LogP contribution in [0.4, 0.5) is 0 Å². The highest BCUT2D eigenvalue weighted by atomic mass is 35.5. The number of halogens is 1. The van der Waals surface area contributed by atoms with E-state index in [1.165, 1.54) is 13.8 Å². The summed E-state index contributed by atoms with van der Waals surface area (Å²) in [5.74, 6) is -0.201. The third-order valence-electron chi connectivity index (χ3n) is 0.365. The van der Waals surface area contributed by atoms with Crippen molar-refractivity contribution in [3.63, 3.8) is 0 Å². The molecule has 0 unspecified atom stereocenters. The highest BCUT2D eigenvalue weighted by Gasteiger charge is 1.93. The highest BCUT2D eigenvalue weighted by molar-refractivity contribution is 7.85. The molecule has 0 saturated carbocycles. The minimum Gasteiger partial charge on any atom is -0.368 e. The number of rotatable bonds is 1. The van der Waals surface area contributed by atoms with Crippen molar-refractivity contribution in [2.24, 2.45) is 0 Å². The minimum absolute atomic E-state index is 0. The molecule has 3 N–H and O–H groups in total. The van der Waals surface area contributed by atoms with E-state index >= 15 is 0 Å². The minimum atomic E-state index is -3.66. The van der Waals surface area contributed by atoms with Crippen LogP contribution < -0.4 is 0 Å². The summed E-state index contributed by atoms with van der Waals surface area (Å²) in [5.41, 5.74) is 0. The second-order valence-corrected chi connectivity index (χ2v) is 3.24. The van der Waals surface area contributed by atoms with Crippen LogP contribution in [0.25, 0.3) is 0 Å². The summed E-state index contributed by atoms with van der Waals surface area (Å²) in [7, 11) is -3.66. The average molecular weight is 209 g/mol. The van der Waals surface area contributed by atoms with Gasteiger partial charge in [-0.05, 0) is 13.8 Å². The van der Waals surface area contributed by atoms with Crippen molar-refractivity contribution in [2.75, 3.05) is 5.75 Å². The molecule has 0 saturated heterocycles. The SMILES string of the molecule is CC(O)O.CCS(=O)(=O)O.Cl. The van der Waals surface area contributed by atoms with Gasteiger partial charge in [0.15, 0.2) is 0 Å². The van der Waals surface area contributed by atoms with E-state index < -0.39 is 16.4 Å². The smallest absolute Gasteiger partial charge is 0.264 e. The molecule has 0 heterocycles. The summed E-state index contributed by atoms with van der Waals surface area (Å²) < 4.78 is 26.9. The molecular weight excluding hydrogens is 196 g/mol. The molecule has 0 bridgehead atoms. The van der Waals surface area contributed by atoms with Gasteiger partial charge in [-0.15, -0.1) is 12.4 Å². The van der Waals surface area contributed by atoms with E-state index in [9.17, 15) is 8.42 Å². The number of hydrogen-bond donors (Lipinski definition) is 3. The fourth-order valence-corrected chi connectivity index (χ4v) is 0. The van der Waals surface area contributed by atoms with E-state index in [2.05, 4.69) is 0 Å². The Morgan fingerprint density at radius 2 is 1.45 bits per heavy atom. The number of aliphatic hydroxyl groups excluding tert-OH is 1. The van der Waals surface area contributed by atoms with Gasteiger partial charge in [0.05, 0.1) is 5.75 Å². The van der Waals surface area contributed by atoms with E-state index in [-0.39, 0.29) is 18.2 Å². The molecule has 0 aromatic heterocycles. The molecule has 0 aliphatic heterocycles. The summed E-state index contributed by atoms with van der Waals surface area (Å²) in [6.45, 7) is 2.65. The third-order valence-corrected chi connectivity index (χ3v) is 1.09. The van der Waals surface area contributed by atoms with Crippen molar-refractivity contribution in [1.82, 2.24) is 0 Å². The fourth-order valence-electron chi connectivity index (χ4n) is 0. The van der Waals surface area contributed by atoms with Gasteiger partial charge in [0.1, 0.15) is 6.29 Å². The van der Waals surface area contributed by atoms with Gasteiger partial charge in [0.2, 0.25) is 0 Å². The number of aliphatic hydroxyl groups is 2. The molecule has 0 radical (unpaired) electrons. The summed E-state index contributed by atoms with van der Waals surface area (Å²) >= 11 is 0. The quantitative estimate of drug-likeness (QED) is 0.404. The van der Waals surface area contributed by atoms with Crippen LogP contribution in [0.15, 0.2) is 0 Å². The zero-order valence-electron chi connectivity index (χ0n) is 6.26. The zero-order chi connectivity index (χ0) is 8.78. The van der Waals surface area contributed by atoms with Crippen molar-refractivity contribution < 1.29 is 23.2 Å². The molecule has 7 heteroatoms. The Morgan fingerprint density at radius 1 is 1.36 bits per heavy atom. The van der Waals surface area contributed by atoms with Gasteiger partial charge in [-0.2, -0.15) is 8.42 Å². The Kier molecular flexibility index (Phi) is 12.9. The van der Waals surface area contributed by atoms with Gasteiger partial charge in [-0.3, -0.25) is 4.55 Å². The Bertz CT molecular complexity index is 149.